The Morgan fingerprint density at radius 1 is 1.33 bits per heavy atom. The fraction of sp³-hybridized carbons (Fsp3) is 0.385. The van der Waals surface area contributed by atoms with Gasteiger partial charge in [0.2, 0.25) is 0 Å². The third-order valence-corrected chi connectivity index (χ3v) is 2.73. The van der Waals surface area contributed by atoms with Crippen molar-refractivity contribution in [3.8, 4) is 0 Å². The van der Waals surface area contributed by atoms with Crippen molar-refractivity contribution in [2.24, 2.45) is 0 Å². The molecule has 0 saturated heterocycles. The Morgan fingerprint density at radius 2 is 2.13 bits per heavy atom. The molecule has 1 N–H and O–H groups in total. The Hall–Kier alpha value is -1.28. The second-order valence-electron chi connectivity index (χ2n) is 4.01. The number of para-hydroxylation sites is 1. The molecule has 0 saturated carbocycles. The lowest BCUT2D eigenvalue weighted by Crippen LogP contribution is -2.06. The first kappa shape index (κ1) is 10.2. The summed E-state index contributed by atoms with van der Waals surface area (Å²) in [5, 5.41) is 10.7. The van der Waals surface area contributed by atoms with Gasteiger partial charge in [0, 0.05) is 19.2 Å². The van der Waals surface area contributed by atoms with Gasteiger partial charge in [-0.25, -0.2) is 0 Å². The second-order valence-corrected chi connectivity index (χ2v) is 4.01. The first-order valence-corrected chi connectivity index (χ1v) is 5.47. The number of fused-ring (bicyclic) bond motifs is 1. The van der Waals surface area contributed by atoms with Crippen molar-refractivity contribution in [1.82, 2.24) is 4.57 Å². The van der Waals surface area contributed by atoms with Gasteiger partial charge in [0.15, 0.2) is 0 Å². The van der Waals surface area contributed by atoms with Crippen LogP contribution in [0.25, 0.3) is 10.9 Å². The van der Waals surface area contributed by atoms with Crippen molar-refractivity contribution in [2.75, 3.05) is 0 Å². The Balaban J connectivity index is 2.56. The van der Waals surface area contributed by atoms with Gasteiger partial charge >= 0.3 is 0 Å². The SMILES string of the molecule is CCn1ccc2cccc(CC(C)O)c21. The lowest BCUT2D eigenvalue weighted by atomic mass is 10.1. The molecule has 2 heteroatoms. The molecule has 2 nitrogen and oxygen atoms in total. The maximum absolute atomic E-state index is 9.46. The van der Waals surface area contributed by atoms with Gasteiger partial charge in [-0.05, 0) is 30.9 Å². The number of nitrogens with zero attached hydrogens (tertiary/aromatic N) is 1. The zero-order valence-corrected chi connectivity index (χ0v) is 9.27. The van der Waals surface area contributed by atoms with Crippen LogP contribution in [0.1, 0.15) is 19.4 Å². The van der Waals surface area contributed by atoms with E-state index in [1.165, 1.54) is 16.5 Å². The molecule has 1 heterocycles. The molecule has 1 aromatic carbocycles. The molecule has 0 aliphatic heterocycles. The van der Waals surface area contributed by atoms with Gasteiger partial charge in [-0.15, -0.1) is 0 Å². The third-order valence-electron chi connectivity index (χ3n) is 2.73. The standard InChI is InChI=1S/C13H17NO/c1-3-14-8-7-11-5-4-6-12(13(11)14)9-10(2)15/h4-8,10,15H,3,9H2,1-2H3. The Morgan fingerprint density at radius 3 is 2.80 bits per heavy atom. The van der Waals surface area contributed by atoms with Crippen LogP contribution in [0.3, 0.4) is 0 Å². The summed E-state index contributed by atoms with van der Waals surface area (Å²) in [7, 11) is 0. The molecule has 1 unspecified atom stereocenters. The minimum Gasteiger partial charge on any atom is -0.393 e. The van der Waals surface area contributed by atoms with E-state index in [1.807, 2.05) is 6.92 Å². The number of aryl methyl sites for hydroxylation is 1. The summed E-state index contributed by atoms with van der Waals surface area (Å²) >= 11 is 0. The zero-order chi connectivity index (χ0) is 10.8. The highest BCUT2D eigenvalue weighted by atomic mass is 16.3. The van der Waals surface area contributed by atoms with Crippen LogP contribution in [0.2, 0.25) is 0 Å². The van der Waals surface area contributed by atoms with Crippen molar-refractivity contribution in [3.05, 3.63) is 36.0 Å². The number of benzene rings is 1. The van der Waals surface area contributed by atoms with Crippen LogP contribution >= 0.6 is 0 Å². The minimum atomic E-state index is -0.282. The molecular weight excluding hydrogens is 186 g/mol. The van der Waals surface area contributed by atoms with E-state index in [0.717, 1.165) is 13.0 Å². The molecule has 0 aliphatic rings. The molecule has 2 rings (SSSR count). The predicted molar refractivity (Wildman–Crippen MR) is 63.0 cm³/mol. The Labute approximate surface area is 90.2 Å². The minimum absolute atomic E-state index is 0.282. The highest BCUT2D eigenvalue weighted by Gasteiger charge is 2.07. The summed E-state index contributed by atoms with van der Waals surface area (Å²) in [6.45, 7) is 4.94. The van der Waals surface area contributed by atoms with Crippen molar-refractivity contribution >= 4 is 10.9 Å². The lowest BCUT2D eigenvalue weighted by molar-refractivity contribution is 0.196. The Bertz CT molecular complexity index is 457. The van der Waals surface area contributed by atoms with E-state index < -0.39 is 0 Å². The van der Waals surface area contributed by atoms with Gasteiger partial charge in [0.1, 0.15) is 0 Å². The lowest BCUT2D eigenvalue weighted by Gasteiger charge is -2.09. The maximum atomic E-state index is 9.46. The maximum Gasteiger partial charge on any atom is 0.0553 e. The van der Waals surface area contributed by atoms with E-state index in [4.69, 9.17) is 0 Å². The van der Waals surface area contributed by atoms with Crippen LogP contribution in [-0.4, -0.2) is 15.8 Å². The summed E-state index contributed by atoms with van der Waals surface area (Å²) in [4.78, 5) is 0. The van der Waals surface area contributed by atoms with Crippen molar-refractivity contribution in [2.45, 2.75) is 32.9 Å². The average molecular weight is 203 g/mol. The van der Waals surface area contributed by atoms with Crippen LogP contribution in [0.5, 0.6) is 0 Å². The fourth-order valence-corrected chi connectivity index (χ4v) is 2.09. The number of hydrogen-bond acceptors (Lipinski definition) is 1. The van der Waals surface area contributed by atoms with E-state index in [2.05, 4.69) is 42.0 Å². The molecule has 80 valence electrons. The summed E-state index contributed by atoms with van der Waals surface area (Å²) in [5.74, 6) is 0. The first-order chi connectivity index (χ1) is 7.22. The molecule has 1 atom stereocenters. The molecule has 0 aliphatic carbocycles. The summed E-state index contributed by atoms with van der Waals surface area (Å²) in [6.07, 6.45) is 2.55. The van der Waals surface area contributed by atoms with Gasteiger partial charge in [0.05, 0.1) is 11.6 Å². The number of aliphatic hydroxyl groups is 1. The number of rotatable bonds is 3. The van der Waals surface area contributed by atoms with E-state index in [0.29, 0.717) is 0 Å². The van der Waals surface area contributed by atoms with E-state index in [9.17, 15) is 5.11 Å². The first-order valence-electron chi connectivity index (χ1n) is 5.47. The molecule has 0 fully saturated rings. The summed E-state index contributed by atoms with van der Waals surface area (Å²) < 4.78 is 2.23. The molecule has 0 spiro atoms. The number of aromatic nitrogens is 1. The summed E-state index contributed by atoms with van der Waals surface area (Å²) in [5.41, 5.74) is 2.50. The van der Waals surface area contributed by atoms with Crippen molar-refractivity contribution < 1.29 is 5.11 Å². The monoisotopic (exact) mass is 203 g/mol. The van der Waals surface area contributed by atoms with Gasteiger partial charge < -0.3 is 9.67 Å². The quantitative estimate of drug-likeness (QED) is 0.815. The summed E-state index contributed by atoms with van der Waals surface area (Å²) in [6, 6.07) is 8.40. The van der Waals surface area contributed by atoms with Crippen LogP contribution in [0.15, 0.2) is 30.5 Å². The second kappa shape index (κ2) is 4.07. The molecule has 0 bridgehead atoms. The molecule has 2 aromatic rings. The number of hydrogen-bond donors (Lipinski definition) is 1. The molecular formula is C13H17NO. The largest absolute Gasteiger partial charge is 0.393 e. The van der Waals surface area contributed by atoms with Crippen molar-refractivity contribution in [1.29, 1.82) is 0 Å². The van der Waals surface area contributed by atoms with Crippen LogP contribution < -0.4 is 0 Å². The molecule has 15 heavy (non-hydrogen) atoms. The van der Waals surface area contributed by atoms with E-state index in [-0.39, 0.29) is 6.10 Å². The smallest absolute Gasteiger partial charge is 0.0553 e. The highest BCUT2D eigenvalue weighted by molar-refractivity contribution is 5.83. The van der Waals surface area contributed by atoms with Gasteiger partial charge in [0.25, 0.3) is 0 Å². The normalized spacial score (nSPS) is 13.3. The van der Waals surface area contributed by atoms with Crippen molar-refractivity contribution in [3.63, 3.8) is 0 Å². The predicted octanol–water partition coefficient (Wildman–Crippen LogP) is 2.58. The molecule has 1 aromatic heterocycles. The highest BCUT2D eigenvalue weighted by Crippen LogP contribution is 2.21. The van der Waals surface area contributed by atoms with Crippen LogP contribution in [0.4, 0.5) is 0 Å². The zero-order valence-electron chi connectivity index (χ0n) is 9.27. The topological polar surface area (TPSA) is 25.2 Å². The Kier molecular flexibility index (Phi) is 2.78. The van der Waals surface area contributed by atoms with Gasteiger partial charge in [-0.3, -0.25) is 0 Å². The van der Waals surface area contributed by atoms with E-state index in [1.54, 1.807) is 0 Å². The van der Waals surface area contributed by atoms with Gasteiger partial charge in [-0.1, -0.05) is 18.2 Å². The third kappa shape index (κ3) is 1.90. The van der Waals surface area contributed by atoms with E-state index >= 15 is 0 Å². The fourth-order valence-electron chi connectivity index (χ4n) is 2.09. The molecule has 0 amide bonds. The number of aliphatic hydroxyl groups excluding tert-OH is 1. The average Bonchev–Trinajstić information content (AvgIpc) is 2.61. The van der Waals surface area contributed by atoms with Gasteiger partial charge in [-0.2, -0.15) is 0 Å². The molecule has 0 radical (unpaired) electrons. The van der Waals surface area contributed by atoms with Crippen LogP contribution in [-0.2, 0) is 13.0 Å². The van der Waals surface area contributed by atoms with Crippen LogP contribution in [0, 0.1) is 0 Å².